The molecule has 1 aromatic rings. The van der Waals surface area contributed by atoms with Crippen molar-refractivity contribution >= 4 is 17.3 Å². The van der Waals surface area contributed by atoms with Crippen molar-refractivity contribution in [2.24, 2.45) is 11.0 Å². The first-order valence-electron chi connectivity index (χ1n) is 7.77. The average Bonchev–Trinajstić information content (AvgIpc) is 2.52. The number of carbonyl (C=O) groups excluding carboxylic acids is 1. The lowest BCUT2D eigenvalue weighted by atomic mass is 10.0. The molecule has 0 aliphatic carbocycles. The van der Waals surface area contributed by atoms with E-state index in [9.17, 15) is 4.79 Å². The van der Waals surface area contributed by atoms with E-state index >= 15 is 0 Å². The van der Waals surface area contributed by atoms with Gasteiger partial charge < -0.3 is 4.90 Å². The molecule has 0 radical (unpaired) electrons. The molecule has 0 bridgehead atoms. The van der Waals surface area contributed by atoms with Crippen LogP contribution in [0.5, 0.6) is 0 Å². The van der Waals surface area contributed by atoms with Crippen LogP contribution in [-0.4, -0.2) is 24.7 Å². The molecule has 0 unspecified atom stereocenters. The van der Waals surface area contributed by atoms with Gasteiger partial charge in [0.25, 0.3) is 5.91 Å². The predicted octanol–water partition coefficient (Wildman–Crippen LogP) is 2.98. The summed E-state index contributed by atoms with van der Waals surface area (Å²) in [5.74, 6) is 0.357. The maximum atomic E-state index is 12.1. The Morgan fingerprint density at radius 2 is 2.19 bits per heavy atom. The second kappa shape index (κ2) is 7.25. The van der Waals surface area contributed by atoms with Crippen LogP contribution in [-0.2, 0) is 11.2 Å². The van der Waals surface area contributed by atoms with Gasteiger partial charge in [0.05, 0.1) is 6.54 Å². The van der Waals surface area contributed by atoms with Gasteiger partial charge in [-0.2, -0.15) is 5.10 Å². The van der Waals surface area contributed by atoms with Gasteiger partial charge in [0.1, 0.15) is 0 Å². The third kappa shape index (κ3) is 4.06. The number of hydrogen-bond donors (Lipinski definition) is 1. The van der Waals surface area contributed by atoms with Crippen molar-refractivity contribution in [1.82, 2.24) is 5.43 Å². The van der Waals surface area contributed by atoms with E-state index in [0.717, 1.165) is 31.5 Å². The van der Waals surface area contributed by atoms with Gasteiger partial charge in [-0.15, -0.1) is 0 Å². The number of anilines is 1. The maximum Gasteiger partial charge on any atom is 0.259 e. The van der Waals surface area contributed by atoms with Crippen LogP contribution in [0.2, 0.25) is 0 Å². The highest BCUT2D eigenvalue weighted by atomic mass is 16.2. The first-order valence-corrected chi connectivity index (χ1v) is 7.77. The number of nitrogens with zero attached hydrogens (tertiary/aromatic N) is 2. The lowest BCUT2D eigenvalue weighted by molar-refractivity contribution is -0.119. The van der Waals surface area contributed by atoms with E-state index in [1.54, 1.807) is 0 Å². The maximum absolute atomic E-state index is 12.1. The summed E-state index contributed by atoms with van der Waals surface area (Å²) >= 11 is 0. The molecule has 0 saturated carbocycles. The molecule has 1 aliphatic rings. The first kappa shape index (κ1) is 15.5. The zero-order chi connectivity index (χ0) is 15.2. The molecule has 1 N–H and O–H groups in total. The van der Waals surface area contributed by atoms with Gasteiger partial charge in [-0.1, -0.05) is 32.0 Å². The Morgan fingerprint density at radius 1 is 1.43 bits per heavy atom. The Morgan fingerprint density at radius 3 is 2.95 bits per heavy atom. The number of aryl methyl sites for hydroxylation is 1. The van der Waals surface area contributed by atoms with Crippen LogP contribution in [0, 0.1) is 5.92 Å². The molecule has 0 spiro atoms. The molecule has 1 atom stereocenters. The summed E-state index contributed by atoms with van der Waals surface area (Å²) in [6.07, 6.45) is 3.23. The van der Waals surface area contributed by atoms with E-state index in [4.69, 9.17) is 0 Å². The number of carbonyl (C=O) groups is 1. The van der Waals surface area contributed by atoms with Crippen molar-refractivity contribution in [3.05, 3.63) is 29.8 Å². The smallest absolute Gasteiger partial charge is 0.259 e. The normalized spacial score (nSPS) is 16.3. The third-order valence-electron chi connectivity index (χ3n) is 4.22. The Kier molecular flexibility index (Phi) is 5.37. The number of rotatable bonds is 5. The van der Waals surface area contributed by atoms with Gasteiger partial charge in [-0.25, -0.2) is 5.43 Å². The molecule has 2 rings (SSSR count). The molecule has 4 nitrogen and oxygen atoms in total. The number of para-hydroxylation sites is 1. The van der Waals surface area contributed by atoms with Crippen molar-refractivity contribution in [3.63, 3.8) is 0 Å². The summed E-state index contributed by atoms with van der Waals surface area (Å²) in [6, 6.07) is 8.32. The Balaban J connectivity index is 1.95. The molecule has 1 heterocycles. The van der Waals surface area contributed by atoms with Gasteiger partial charge in [0, 0.05) is 17.9 Å². The fourth-order valence-electron chi connectivity index (χ4n) is 2.54. The van der Waals surface area contributed by atoms with E-state index in [1.807, 2.05) is 13.0 Å². The number of nitrogens with one attached hydrogen (secondary N) is 1. The van der Waals surface area contributed by atoms with Crippen molar-refractivity contribution in [2.45, 2.75) is 40.0 Å². The summed E-state index contributed by atoms with van der Waals surface area (Å²) in [4.78, 5) is 14.2. The highest BCUT2D eigenvalue weighted by Gasteiger charge is 2.18. The van der Waals surface area contributed by atoms with Crippen LogP contribution in [0.4, 0.5) is 5.69 Å². The number of hydrazone groups is 1. The van der Waals surface area contributed by atoms with Gasteiger partial charge in [-0.3, -0.25) is 4.79 Å². The van der Waals surface area contributed by atoms with E-state index in [1.165, 1.54) is 11.3 Å². The zero-order valence-corrected chi connectivity index (χ0v) is 13.2. The average molecular weight is 287 g/mol. The predicted molar refractivity (Wildman–Crippen MR) is 87.7 cm³/mol. The summed E-state index contributed by atoms with van der Waals surface area (Å²) < 4.78 is 0. The summed E-state index contributed by atoms with van der Waals surface area (Å²) in [5.41, 5.74) is 6.17. The van der Waals surface area contributed by atoms with E-state index in [2.05, 4.69) is 47.5 Å². The summed E-state index contributed by atoms with van der Waals surface area (Å²) in [5, 5.41) is 4.21. The highest BCUT2D eigenvalue weighted by molar-refractivity contribution is 5.87. The number of hydrogen-bond acceptors (Lipinski definition) is 3. The molecule has 1 aromatic carbocycles. The monoisotopic (exact) mass is 287 g/mol. The molecule has 4 heteroatoms. The van der Waals surface area contributed by atoms with Crippen molar-refractivity contribution in [1.29, 1.82) is 0 Å². The van der Waals surface area contributed by atoms with Crippen molar-refractivity contribution in [2.75, 3.05) is 18.0 Å². The topological polar surface area (TPSA) is 44.7 Å². The number of fused-ring (bicyclic) bond motifs is 1. The van der Waals surface area contributed by atoms with Crippen LogP contribution in [0.3, 0.4) is 0 Å². The number of amides is 1. The SMILES string of the molecule is CC[C@H](C)/C(C)=N\NC(=O)CN1CCCc2ccccc21. The van der Waals surface area contributed by atoms with Crippen LogP contribution in [0.1, 0.15) is 39.2 Å². The Bertz CT molecular complexity index is 525. The van der Waals surface area contributed by atoms with Crippen LogP contribution >= 0.6 is 0 Å². The van der Waals surface area contributed by atoms with Gasteiger partial charge in [-0.05, 0) is 43.7 Å². The van der Waals surface area contributed by atoms with Crippen LogP contribution < -0.4 is 10.3 Å². The Hall–Kier alpha value is -1.84. The molecule has 114 valence electrons. The van der Waals surface area contributed by atoms with Crippen LogP contribution in [0.25, 0.3) is 0 Å². The molecular formula is C17H25N3O. The minimum Gasteiger partial charge on any atom is -0.362 e. The molecular weight excluding hydrogens is 262 g/mol. The Labute approximate surface area is 127 Å². The first-order chi connectivity index (χ1) is 10.1. The zero-order valence-electron chi connectivity index (χ0n) is 13.2. The van der Waals surface area contributed by atoms with Crippen LogP contribution in [0.15, 0.2) is 29.4 Å². The molecule has 0 fully saturated rings. The molecule has 1 aliphatic heterocycles. The quantitative estimate of drug-likeness (QED) is 0.668. The molecule has 0 aromatic heterocycles. The van der Waals surface area contributed by atoms with Crippen molar-refractivity contribution < 1.29 is 4.79 Å². The summed E-state index contributed by atoms with van der Waals surface area (Å²) in [6.45, 7) is 7.50. The highest BCUT2D eigenvalue weighted by Crippen LogP contribution is 2.26. The van der Waals surface area contributed by atoms with Gasteiger partial charge >= 0.3 is 0 Å². The minimum absolute atomic E-state index is 0.0469. The minimum atomic E-state index is -0.0469. The lowest BCUT2D eigenvalue weighted by Crippen LogP contribution is -2.38. The second-order valence-electron chi connectivity index (χ2n) is 5.75. The van der Waals surface area contributed by atoms with E-state index < -0.39 is 0 Å². The largest absolute Gasteiger partial charge is 0.362 e. The van der Waals surface area contributed by atoms with Crippen molar-refractivity contribution in [3.8, 4) is 0 Å². The van der Waals surface area contributed by atoms with E-state index in [0.29, 0.717) is 12.5 Å². The molecule has 1 amide bonds. The molecule has 21 heavy (non-hydrogen) atoms. The standard InChI is InChI=1S/C17H25N3O/c1-4-13(2)14(3)18-19-17(21)12-20-11-7-9-15-8-5-6-10-16(15)20/h5-6,8,10,13H,4,7,9,11-12H2,1-3H3,(H,19,21)/b18-14-/t13-/m0/s1. The second-order valence-corrected chi connectivity index (χ2v) is 5.75. The third-order valence-corrected chi connectivity index (χ3v) is 4.22. The van der Waals surface area contributed by atoms with Gasteiger partial charge in [0.2, 0.25) is 0 Å². The summed E-state index contributed by atoms with van der Waals surface area (Å²) in [7, 11) is 0. The number of benzene rings is 1. The fourth-order valence-corrected chi connectivity index (χ4v) is 2.54. The van der Waals surface area contributed by atoms with E-state index in [-0.39, 0.29) is 5.91 Å². The fraction of sp³-hybridized carbons (Fsp3) is 0.529. The lowest BCUT2D eigenvalue weighted by Gasteiger charge is -2.30. The molecule has 0 saturated heterocycles. The van der Waals surface area contributed by atoms with Gasteiger partial charge in [0.15, 0.2) is 0 Å².